The number of aryl methyl sites for hydroxylation is 1. The predicted molar refractivity (Wildman–Crippen MR) is 154 cm³/mol. The average molecular weight is 574 g/mol. The summed E-state index contributed by atoms with van der Waals surface area (Å²) >= 11 is 0. The van der Waals surface area contributed by atoms with Gasteiger partial charge in [0.1, 0.15) is 18.0 Å². The van der Waals surface area contributed by atoms with Crippen LogP contribution < -0.4 is 4.74 Å². The van der Waals surface area contributed by atoms with Gasteiger partial charge in [-0.25, -0.2) is 0 Å². The van der Waals surface area contributed by atoms with Gasteiger partial charge >= 0.3 is 17.9 Å². The standard InChI is InChI=1S/C33H35NO8/c1-21(34(20-30(35)36)31(37)24-18-28(32(38)39)29(19-24)33(40)41)27(17-12-22-8-4-2-5-9-22)23-13-15-26(16-14-23)42-25-10-6-3-7-11-25/h2-11,13-16,21,24,27-29H,12,17-20H2,1H3,(H,35,36)(H,38,39)(H,40,41). The van der Waals surface area contributed by atoms with Crippen molar-refractivity contribution >= 4 is 23.8 Å². The molecule has 3 aromatic carbocycles. The second kappa shape index (κ2) is 13.8. The number of hydrogen-bond acceptors (Lipinski definition) is 5. The van der Waals surface area contributed by atoms with Gasteiger partial charge < -0.3 is 25.0 Å². The van der Waals surface area contributed by atoms with Crippen LogP contribution >= 0.6 is 0 Å². The highest BCUT2D eigenvalue weighted by Gasteiger charge is 2.47. The average Bonchev–Trinajstić information content (AvgIpc) is 3.44. The Morgan fingerprint density at radius 1 is 0.786 bits per heavy atom. The first-order valence-corrected chi connectivity index (χ1v) is 14.0. The van der Waals surface area contributed by atoms with Crippen LogP contribution in [0.2, 0.25) is 0 Å². The summed E-state index contributed by atoms with van der Waals surface area (Å²) in [4.78, 5) is 50.5. The molecule has 42 heavy (non-hydrogen) atoms. The van der Waals surface area contributed by atoms with Gasteiger partial charge in [0, 0.05) is 17.9 Å². The van der Waals surface area contributed by atoms with E-state index in [0.29, 0.717) is 24.3 Å². The lowest BCUT2D eigenvalue weighted by molar-refractivity contribution is -0.152. The van der Waals surface area contributed by atoms with Crippen molar-refractivity contribution in [1.29, 1.82) is 0 Å². The molecule has 4 rings (SSSR count). The molecule has 220 valence electrons. The lowest BCUT2D eigenvalue weighted by Crippen LogP contribution is -2.47. The molecular weight excluding hydrogens is 538 g/mol. The minimum absolute atomic E-state index is 0.145. The summed E-state index contributed by atoms with van der Waals surface area (Å²) in [7, 11) is 0. The number of amides is 1. The number of aliphatic carboxylic acids is 3. The van der Waals surface area contributed by atoms with Crippen LogP contribution in [0.15, 0.2) is 84.9 Å². The number of carboxylic acids is 3. The summed E-state index contributed by atoms with van der Waals surface area (Å²) < 4.78 is 5.93. The van der Waals surface area contributed by atoms with E-state index in [1.165, 1.54) is 4.90 Å². The third-order valence-electron chi connectivity index (χ3n) is 8.08. The number of carbonyl (C=O) groups excluding carboxylic acids is 1. The molecule has 0 radical (unpaired) electrons. The highest BCUT2D eigenvalue weighted by molar-refractivity contribution is 5.87. The van der Waals surface area contributed by atoms with E-state index in [9.17, 15) is 34.5 Å². The molecule has 4 unspecified atom stereocenters. The summed E-state index contributed by atoms with van der Waals surface area (Å²) in [5.74, 6) is -6.54. The smallest absolute Gasteiger partial charge is 0.323 e. The predicted octanol–water partition coefficient (Wildman–Crippen LogP) is 5.31. The lowest BCUT2D eigenvalue weighted by Gasteiger charge is -2.36. The second-order valence-electron chi connectivity index (χ2n) is 10.8. The topological polar surface area (TPSA) is 141 Å². The van der Waals surface area contributed by atoms with Gasteiger partial charge in [0.05, 0.1) is 11.8 Å². The summed E-state index contributed by atoms with van der Waals surface area (Å²) in [5, 5.41) is 28.9. The first-order valence-electron chi connectivity index (χ1n) is 14.0. The van der Waals surface area contributed by atoms with Gasteiger partial charge in [-0.1, -0.05) is 60.7 Å². The molecule has 1 amide bonds. The fourth-order valence-electron chi connectivity index (χ4n) is 5.87. The zero-order chi connectivity index (χ0) is 30.2. The van der Waals surface area contributed by atoms with E-state index in [-0.39, 0.29) is 18.8 Å². The van der Waals surface area contributed by atoms with Crippen molar-refractivity contribution in [1.82, 2.24) is 4.90 Å². The van der Waals surface area contributed by atoms with Crippen LogP contribution in [-0.2, 0) is 25.6 Å². The monoisotopic (exact) mass is 573 g/mol. The SMILES string of the molecule is CC(C(CCc1ccccc1)c1ccc(Oc2ccccc2)cc1)N(CC(=O)O)C(=O)C1CC(C(=O)O)C(C(=O)O)C1. The molecule has 1 aliphatic carbocycles. The Labute approximate surface area is 244 Å². The van der Waals surface area contributed by atoms with E-state index in [0.717, 1.165) is 11.1 Å². The number of rotatable bonds is 13. The molecule has 0 bridgehead atoms. The van der Waals surface area contributed by atoms with E-state index in [1.807, 2.05) is 84.9 Å². The first kappa shape index (κ1) is 30.3. The maximum atomic E-state index is 13.8. The fraction of sp³-hybridized carbons (Fsp3) is 0.333. The van der Waals surface area contributed by atoms with Crippen LogP contribution in [0.3, 0.4) is 0 Å². The third-order valence-corrected chi connectivity index (χ3v) is 8.08. The van der Waals surface area contributed by atoms with Crippen molar-refractivity contribution in [2.75, 3.05) is 6.54 Å². The molecule has 0 saturated heterocycles. The van der Waals surface area contributed by atoms with Gasteiger partial charge in [0.15, 0.2) is 0 Å². The van der Waals surface area contributed by atoms with Crippen molar-refractivity contribution < 1.29 is 39.2 Å². The number of carbonyl (C=O) groups is 4. The highest BCUT2D eigenvalue weighted by atomic mass is 16.5. The molecule has 9 heteroatoms. The van der Waals surface area contributed by atoms with E-state index < -0.39 is 54.2 Å². The van der Waals surface area contributed by atoms with Gasteiger partial charge in [-0.2, -0.15) is 0 Å². The van der Waals surface area contributed by atoms with Crippen molar-refractivity contribution in [3.63, 3.8) is 0 Å². The van der Waals surface area contributed by atoms with Crippen molar-refractivity contribution in [3.8, 4) is 11.5 Å². The van der Waals surface area contributed by atoms with Crippen LogP contribution in [0.25, 0.3) is 0 Å². The molecule has 3 N–H and O–H groups in total. The molecule has 1 aliphatic rings. The Balaban J connectivity index is 1.61. The van der Waals surface area contributed by atoms with E-state index in [1.54, 1.807) is 6.92 Å². The largest absolute Gasteiger partial charge is 0.481 e. The van der Waals surface area contributed by atoms with E-state index in [4.69, 9.17) is 4.74 Å². The molecule has 3 aromatic rings. The number of hydrogen-bond donors (Lipinski definition) is 3. The van der Waals surface area contributed by atoms with Crippen LogP contribution in [-0.4, -0.2) is 56.6 Å². The van der Waals surface area contributed by atoms with Crippen LogP contribution in [0.4, 0.5) is 0 Å². The van der Waals surface area contributed by atoms with Gasteiger partial charge in [-0.3, -0.25) is 19.2 Å². The molecule has 9 nitrogen and oxygen atoms in total. The minimum atomic E-state index is -1.27. The van der Waals surface area contributed by atoms with Crippen LogP contribution in [0.5, 0.6) is 11.5 Å². The number of benzene rings is 3. The Hall–Kier alpha value is -4.66. The summed E-state index contributed by atoms with van der Waals surface area (Å²) in [6.07, 6.45) is 0.995. The molecule has 0 spiro atoms. The molecule has 0 aromatic heterocycles. The zero-order valence-corrected chi connectivity index (χ0v) is 23.3. The van der Waals surface area contributed by atoms with E-state index >= 15 is 0 Å². The Kier molecular flexibility index (Phi) is 9.96. The van der Waals surface area contributed by atoms with Crippen molar-refractivity contribution in [2.45, 2.75) is 44.6 Å². The fourth-order valence-corrected chi connectivity index (χ4v) is 5.87. The maximum Gasteiger partial charge on any atom is 0.323 e. The summed E-state index contributed by atoms with van der Waals surface area (Å²) in [6, 6.07) is 26.1. The normalized spacial score (nSPS) is 19.4. The lowest BCUT2D eigenvalue weighted by atomic mass is 9.85. The van der Waals surface area contributed by atoms with Gasteiger partial charge in [-0.05, 0) is 68.0 Å². The first-order chi connectivity index (χ1) is 20.1. The quantitative estimate of drug-likeness (QED) is 0.250. The van der Waals surface area contributed by atoms with E-state index in [2.05, 4.69) is 0 Å². The third kappa shape index (κ3) is 7.54. The molecule has 1 saturated carbocycles. The molecular formula is C33H35NO8. The number of ether oxygens (including phenoxy) is 1. The van der Waals surface area contributed by atoms with Gasteiger partial charge in [-0.15, -0.1) is 0 Å². The van der Waals surface area contributed by atoms with Crippen LogP contribution in [0.1, 0.15) is 43.2 Å². The molecule has 4 atom stereocenters. The highest BCUT2D eigenvalue weighted by Crippen LogP contribution is 2.39. The summed E-state index contributed by atoms with van der Waals surface area (Å²) in [6.45, 7) is 1.21. The summed E-state index contributed by atoms with van der Waals surface area (Å²) in [5.41, 5.74) is 1.99. The molecule has 1 fully saturated rings. The maximum absolute atomic E-state index is 13.8. The number of para-hydroxylation sites is 1. The van der Waals surface area contributed by atoms with Gasteiger partial charge in [0.2, 0.25) is 5.91 Å². The second-order valence-corrected chi connectivity index (χ2v) is 10.8. The minimum Gasteiger partial charge on any atom is -0.481 e. The number of carboxylic acid groups (broad SMARTS) is 3. The Bertz CT molecular complexity index is 1350. The van der Waals surface area contributed by atoms with Crippen LogP contribution in [0, 0.1) is 17.8 Å². The Morgan fingerprint density at radius 2 is 1.31 bits per heavy atom. The van der Waals surface area contributed by atoms with Crippen molar-refractivity contribution in [2.24, 2.45) is 17.8 Å². The number of nitrogens with zero attached hydrogens (tertiary/aromatic N) is 1. The Morgan fingerprint density at radius 3 is 1.83 bits per heavy atom. The van der Waals surface area contributed by atoms with Gasteiger partial charge in [0.25, 0.3) is 0 Å². The van der Waals surface area contributed by atoms with Crippen molar-refractivity contribution in [3.05, 3.63) is 96.1 Å². The molecule has 0 aliphatic heterocycles. The molecule has 0 heterocycles. The zero-order valence-electron chi connectivity index (χ0n) is 23.3.